The Hall–Kier alpha value is -2.64. The first-order valence-corrected chi connectivity index (χ1v) is 10.4. The second-order valence-electron chi connectivity index (χ2n) is 6.48. The number of hydrogen-bond donors (Lipinski definition) is 1. The van der Waals surface area contributed by atoms with Gasteiger partial charge in [0, 0.05) is 13.1 Å². The highest BCUT2D eigenvalue weighted by Crippen LogP contribution is 2.22. The fraction of sp³-hybridized carbons (Fsp3) is 0.250. The fourth-order valence-corrected chi connectivity index (χ4v) is 3.71. The summed E-state index contributed by atoms with van der Waals surface area (Å²) in [7, 11) is -3.42. The van der Waals surface area contributed by atoms with Crippen molar-refractivity contribution in [2.45, 2.75) is 19.5 Å². The van der Waals surface area contributed by atoms with Gasteiger partial charge in [-0.2, -0.15) is 4.31 Å². The average Bonchev–Trinajstić information content (AvgIpc) is 3.13. The maximum absolute atomic E-state index is 12.3. The lowest BCUT2D eigenvalue weighted by atomic mass is 10.2. The van der Waals surface area contributed by atoms with Crippen LogP contribution in [-0.2, 0) is 21.4 Å². The van der Waals surface area contributed by atoms with Crippen LogP contribution in [0.2, 0.25) is 0 Å². The lowest BCUT2D eigenvalue weighted by molar-refractivity contribution is -0.123. The Morgan fingerprint density at radius 2 is 1.70 bits per heavy atom. The third kappa shape index (κ3) is 4.96. The molecule has 0 unspecified atom stereocenters. The topological polar surface area (TPSA) is 75.7 Å². The molecule has 0 aromatic heterocycles. The van der Waals surface area contributed by atoms with E-state index in [0.29, 0.717) is 12.3 Å². The molecule has 1 aliphatic rings. The highest BCUT2D eigenvalue weighted by Gasteiger charge is 2.32. The van der Waals surface area contributed by atoms with Crippen LogP contribution in [0.15, 0.2) is 60.7 Å². The Kier molecular flexibility index (Phi) is 5.62. The number of aryl methyl sites for hydroxylation is 1. The van der Waals surface area contributed by atoms with E-state index in [9.17, 15) is 13.2 Å². The molecule has 0 saturated heterocycles. The highest BCUT2D eigenvalue weighted by molar-refractivity contribution is 7.88. The molecule has 2 aromatic rings. The molecule has 1 atom stereocenters. The standard InChI is InChI=1S/C20H22N2O4S/c1-15-5-9-17(10-6-15)26-18-11-7-16(8-12-18)14-21-20(23)19-4-3-13-22(19)27(2,24)25/h3-12,19H,13-14H2,1-2H3,(H,21,23)/t19-/m0/s1. The number of sulfonamides is 1. The first kappa shape index (κ1) is 19.1. The Balaban J connectivity index is 1.56. The SMILES string of the molecule is Cc1ccc(Oc2ccc(CNC(=O)[C@@H]3C=CCN3S(C)(=O)=O)cc2)cc1. The summed E-state index contributed by atoms with van der Waals surface area (Å²) in [5.41, 5.74) is 2.06. The van der Waals surface area contributed by atoms with E-state index in [0.717, 1.165) is 17.6 Å². The van der Waals surface area contributed by atoms with E-state index < -0.39 is 16.1 Å². The Morgan fingerprint density at radius 3 is 2.30 bits per heavy atom. The molecule has 6 nitrogen and oxygen atoms in total. The molecule has 1 heterocycles. The summed E-state index contributed by atoms with van der Waals surface area (Å²) in [6.45, 7) is 2.55. The van der Waals surface area contributed by atoms with Crippen molar-refractivity contribution in [3.05, 3.63) is 71.8 Å². The Bertz CT molecular complexity index is 935. The number of carbonyl (C=O) groups excluding carboxylic acids is 1. The van der Waals surface area contributed by atoms with Gasteiger partial charge in [0.15, 0.2) is 0 Å². The van der Waals surface area contributed by atoms with Gasteiger partial charge in [-0.1, -0.05) is 42.0 Å². The summed E-state index contributed by atoms with van der Waals surface area (Å²) in [5, 5.41) is 2.78. The summed E-state index contributed by atoms with van der Waals surface area (Å²) in [4.78, 5) is 12.3. The fourth-order valence-electron chi connectivity index (χ4n) is 2.77. The minimum atomic E-state index is -3.42. The van der Waals surface area contributed by atoms with Crippen LogP contribution in [0.5, 0.6) is 11.5 Å². The zero-order chi connectivity index (χ0) is 19.4. The van der Waals surface area contributed by atoms with E-state index in [4.69, 9.17) is 4.74 Å². The van der Waals surface area contributed by atoms with Crippen LogP contribution in [0, 0.1) is 6.92 Å². The van der Waals surface area contributed by atoms with Crippen molar-refractivity contribution < 1.29 is 17.9 Å². The van der Waals surface area contributed by atoms with Crippen molar-refractivity contribution in [2.24, 2.45) is 0 Å². The highest BCUT2D eigenvalue weighted by atomic mass is 32.2. The van der Waals surface area contributed by atoms with Gasteiger partial charge in [-0.25, -0.2) is 8.42 Å². The van der Waals surface area contributed by atoms with Crippen LogP contribution in [-0.4, -0.2) is 37.5 Å². The van der Waals surface area contributed by atoms with Gasteiger partial charge >= 0.3 is 0 Å². The molecule has 0 radical (unpaired) electrons. The molecule has 0 spiro atoms. The van der Waals surface area contributed by atoms with E-state index >= 15 is 0 Å². The Labute approximate surface area is 159 Å². The summed E-state index contributed by atoms with van der Waals surface area (Å²) in [5.74, 6) is 1.13. The maximum atomic E-state index is 12.3. The van der Waals surface area contributed by atoms with Crippen molar-refractivity contribution in [3.63, 3.8) is 0 Å². The summed E-state index contributed by atoms with van der Waals surface area (Å²) >= 11 is 0. The maximum Gasteiger partial charge on any atom is 0.242 e. The second kappa shape index (κ2) is 7.94. The minimum Gasteiger partial charge on any atom is -0.457 e. The molecule has 27 heavy (non-hydrogen) atoms. The lowest BCUT2D eigenvalue weighted by Crippen LogP contribution is -2.45. The predicted octanol–water partition coefficient (Wildman–Crippen LogP) is 2.60. The monoisotopic (exact) mass is 386 g/mol. The summed E-state index contributed by atoms with van der Waals surface area (Å²) in [6, 6.07) is 14.4. The summed E-state index contributed by atoms with van der Waals surface area (Å²) < 4.78 is 30.4. The van der Waals surface area contributed by atoms with Gasteiger partial charge < -0.3 is 10.1 Å². The van der Waals surface area contributed by atoms with Crippen molar-refractivity contribution in [2.75, 3.05) is 12.8 Å². The lowest BCUT2D eigenvalue weighted by Gasteiger charge is -2.21. The third-order valence-corrected chi connectivity index (χ3v) is 5.48. The molecule has 7 heteroatoms. The summed E-state index contributed by atoms with van der Waals surface area (Å²) in [6.07, 6.45) is 4.39. The van der Waals surface area contributed by atoms with Gasteiger partial charge in [-0.3, -0.25) is 4.79 Å². The molecular weight excluding hydrogens is 364 g/mol. The molecule has 0 aliphatic carbocycles. The molecule has 1 amide bonds. The molecule has 0 fully saturated rings. The van der Waals surface area contributed by atoms with E-state index in [-0.39, 0.29) is 12.5 Å². The van der Waals surface area contributed by atoms with Gasteiger partial charge in [0.25, 0.3) is 0 Å². The number of amides is 1. The van der Waals surface area contributed by atoms with Crippen molar-refractivity contribution >= 4 is 15.9 Å². The van der Waals surface area contributed by atoms with Crippen molar-refractivity contribution in [1.82, 2.24) is 9.62 Å². The van der Waals surface area contributed by atoms with Crippen LogP contribution in [0.4, 0.5) is 0 Å². The van der Waals surface area contributed by atoms with Crippen LogP contribution in [0.1, 0.15) is 11.1 Å². The van der Waals surface area contributed by atoms with Crippen LogP contribution in [0.3, 0.4) is 0 Å². The van der Waals surface area contributed by atoms with Gasteiger partial charge in [0.1, 0.15) is 17.5 Å². The van der Waals surface area contributed by atoms with Crippen LogP contribution >= 0.6 is 0 Å². The molecular formula is C20H22N2O4S. The van der Waals surface area contributed by atoms with Crippen molar-refractivity contribution in [3.8, 4) is 11.5 Å². The van der Waals surface area contributed by atoms with Crippen molar-refractivity contribution in [1.29, 1.82) is 0 Å². The molecule has 3 rings (SSSR count). The van der Waals surface area contributed by atoms with E-state index in [1.54, 1.807) is 12.2 Å². The normalized spacial score (nSPS) is 17.0. The zero-order valence-corrected chi connectivity index (χ0v) is 16.1. The molecule has 0 bridgehead atoms. The smallest absolute Gasteiger partial charge is 0.242 e. The number of rotatable bonds is 6. The zero-order valence-electron chi connectivity index (χ0n) is 15.3. The third-order valence-electron chi connectivity index (χ3n) is 4.26. The molecule has 0 saturated carbocycles. The van der Waals surface area contributed by atoms with Gasteiger partial charge in [-0.15, -0.1) is 0 Å². The number of benzene rings is 2. The van der Waals surface area contributed by atoms with Gasteiger partial charge in [0.05, 0.1) is 6.26 Å². The Morgan fingerprint density at radius 1 is 1.11 bits per heavy atom. The molecule has 1 aliphatic heterocycles. The van der Waals surface area contributed by atoms with E-state index in [1.807, 2.05) is 55.5 Å². The molecule has 2 aromatic carbocycles. The van der Waals surface area contributed by atoms with E-state index in [2.05, 4.69) is 5.32 Å². The minimum absolute atomic E-state index is 0.224. The number of ether oxygens (including phenoxy) is 1. The quantitative estimate of drug-likeness (QED) is 0.775. The first-order chi connectivity index (χ1) is 12.8. The number of hydrogen-bond acceptors (Lipinski definition) is 4. The van der Waals surface area contributed by atoms with Crippen LogP contribution < -0.4 is 10.1 Å². The predicted molar refractivity (Wildman–Crippen MR) is 104 cm³/mol. The molecule has 1 N–H and O–H groups in total. The van der Waals surface area contributed by atoms with Gasteiger partial charge in [0.2, 0.25) is 15.9 Å². The number of nitrogens with one attached hydrogen (secondary N) is 1. The largest absolute Gasteiger partial charge is 0.457 e. The molecule has 142 valence electrons. The van der Waals surface area contributed by atoms with E-state index in [1.165, 1.54) is 9.87 Å². The average molecular weight is 386 g/mol. The first-order valence-electron chi connectivity index (χ1n) is 8.57. The van der Waals surface area contributed by atoms with Crippen LogP contribution in [0.25, 0.3) is 0 Å². The second-order valence-corrected chi connectivity index (χ2v) is 8.42. The number of nitrogens with zero attached hydrogens (tertiary/aromatic N) is 1. The number of carbonyl (C=O) groups is 1. The van der Waals surface area contributed by atoms with Gasteiger partial charge in [-0.05, 0) is 36.8 Å².